The molecule has 3 saturated carbocycles. The van der Waals surface area contributed by atoms with E-state index in [2.05, 4.69) is 33.6 Å². The molecule has 3 aliphatic rings. The molecule has 1 aromatic rings. The molecule has 3 fully saturated rings. The van der Waals surface area contributed by atoms with Gasteiger partial charge in [-0.05, 0) is 56.8 Å². The monoisotopic (exact) mass is 360 g/mol. The zero-order chi connectivity index (χ0) is 17.4. The normalized spacial score (nSPS) is 28.9. The maximum absolute atomic E-state index is 12.4. The number of hydrogen-bond acceptors (Lipinski definition) is 4. The van der Waals surface area contributed by atoms with Gasteiger partial charge in [-0.3, -0.25) is 4.79 Å². The molecule has 0 aromatic carbocycles. The molecule has 1 amide bonds. The van der Waals surface area contributed by atoms with Crippen LogP contribution in [0.15, 0.2) is 17.8 Å². The first-order valence-corrected chi connectivity index (χ1v) is 10.6. The van der Waals surface area contributed by atoms with Crippen LogP contribution in [0, 0.1) is 17.8 Å². The van der Waals surface area contributed by atoms with E-state index in [0.29, 0.717) is 24.1 Å². The van der Waals surface area contributed by atoms with Gasteiger partial charge in [0.05, 0.1) is 5.75 Å². The van der Waals surface area contributed by atoms with E-state index in [1.54, 1.807) is 0 Å². The summed E-state index contributed by atoms with van der Waals surface area (Å²) in [6.45, 7) is 6.72. The van der Waals surface area contributed by atoms with Gasteiger partial charge in [0.15, 0.2) is 5.16 Å². The van der Waals surface area contributed by atoms with E-state index < -0.39 is 0 Å². The van der Waals surface area contributed by atoms with E-state index in [4.69, 9.17) is 0 Å². The van der Waals surface area contributed by atoms with E-state index in [1.165, 1.54) is 50.3 Å². The number of thioether (sulfide) groups is 1. The Hall–Kier alpha value is -1.30. The maximum atomic E-state index is 12.4. The molecule has 5 nitrogen and oxygen atoms in total. The molecule has 4 atom stereocenters. The van der Waals surface area contributed by atoms with E-state index in [9.17, 15) is 4.79 Å². The Balaban J connectivity index is 1.30. The number of nitrogens with one attached hydrogen (secondary N) is 1. The smallest absolute Gasteiger partial charge is 0.230 e. The van der Waals surface area contributed by atoms with Gasteiger partial charge in [-0.25, -0.2) is 0 Å². The number of rotatable bonds is 8. The second-order valence-corrected chi connectivity index (χ2v) is 8.94. The van der Waals surface area contributed by atoms with E-state index >= 15 is 0 Å². The number of hydrogen-bond donors (Lipinski definition) is 1. The van der Waals surface area contributed by atoms with Crippen molar-refractivity contribution in [3.63, 3.8) is 0 Å². The summed E-state index contributed by atoms with van der Waals surface area (Å²) < 4.78 is 2.11. The molecule has 0 radical (unpaired) electrons. The predicted octanol–water partition coefficient (Wildman–Crippen LogP) is 3.37. The molecule has 0 spiro atoms. The highest BCUT2D eigenvalue weighted by Gasteiger charge is 2.42. The van der Waals surface area contributed by atoms with Crippen molar-refractivity contribution in [2.45, 2.75) is 69.1 Å². The van der Waals surface area contributed by atoms with Crippen molar-refractivity contribution < 1.29 is 4.79 Å². The molecule has 0 unspecified atom stereocenters. The summed E-state index contributed by atoms with van der Waals surface area (Å²) in [5.41, 5.74) is 0. The number of fused-ring (bicyclic) bond motifs is 2. The van der Waals surface area contributed by atoms with Gasteiger partial charge < -0.3 is 9.88 Å². The number of allylic oxidation sites excluding steroid dienone is 1. The van der Waals surface area contributed by atoms with Crippen molar-refractivity contribution in [2.75, 3.05) is 5.75 Å². The Kier molecular flexibility index (Phi) is 4.89. The zero-order valence-corrected chi connectivity index (χ0v) is 15.8. The summed E-state index contributed by atoms with van der Waals surface area (Å²) in [5, 5.41) is 12.7. The van der Waals surface area contributed by atoms with Crippen molar-refractivity contribution in [2.24, 2.45) is 17.8 Å². The largest absolute Gasteiger partial charge is 0.353 e. The standard InChI is InChI=1S/C19H28N4OS/c1-3-8-23-18(14-6-7-14)21-22-19(23)25-11-17(24)20-12(2)16-10-13-4-5-15(16)9-13/h3,12-16H,1,4-11H2,2H3,(H,20,24)/t12-,13+,15+,16-/m0/s1. The summed E-state index contributed by atoms with van der Waals surface area (Å²) >= 11 is 1.49. The lowest BCUT2D eigenvalue weighted by atomic mass is 9.84. The molecule has 4 rings (SSSR count). The summed E-state index contributed by atoms with van der Waals surface area (Å²) in [5.74, 6) is 4.56. The van der Waals surface area contributed by atoms with Crippen LogP contribution in [0.2, 0.25) is 0 Å². The third-order valence-corrected chi connectivity index (χ3v) is 7.12. The van der Waals surface area contributed by atoms with Crippen molar-refractivity contribution in [3.8, 4) is 0 Å². The molecule has 1 aromatic heterocycles. The number of carbonyl (C=O) groups excluding carboxylic acids is 1. The Labute approximate surface area is 154 Å². The molecule has 6 heteroatoms. The highest BCUT2D eigenvalue weighted by molar-refractivity contribution is 7.99. The van der Waals surface area contributed by atoms with Gasteiger partial charge in [-0.15, -0.1) is 16.8 Å². The van der Waals surface area contributed by atoms with Crippen LogP contribution in [0.25, 0.3) is 0 Å². The van der Waals surface area contributed by atoms with Crippen LogP contribution >= 0.6 is 11.8 Å². The van der Waals surface area contributed by atoms with Crippen LogP contribution in [0.3, 0.4) is 0 Å². The Morgan fingerprint density at radius 2 is 2.20 bits per heavy atom. The van der Waals surface area contributed by atoms with Crippen molar-refractivity contribution in [3.05, 3.63) is 18.5 Å². The molecule has 0 aliphatic heterocycles. The average Bonchev–Trinajstić information content (AvgIpc) is 3.04. The van der Waals surface area contributed by atoms with E-state index in [1.807, 2.05) is 6.08 Å². The summed E-state index contributed by atoms with van der Waals surface area (Å²) in [6, 6.07) is 0.288. The minimum Gasteiger partial charge on any atom is -0.353 e. The van der Waals surface area contributed by atoms with Gasteiger partial charge in [0.25, 0.3) is 0 Å². The van der Waals surface area contributed by atoms with Crippen LogP contribution < -0.4 is 5.32 Å². The fraction of sp³-hybridized carbons (Fsp3) is 0.737. The van der Waals surface area contributed by atoms with E-state index in [-0.39, 0.29) is 11.9 Å². The van der Waals surface area contributed by atoms with Crippen LogP contribution in [0.4, 0.5) is 0 Å². The quantitative estimate of drug-likeness (QED) is 0.570. The molecule has 3 aliphatic carbocycles. The topological polar surface area (TPSA) is 59.8 Å². The molecule has 136 valence electrons. The molecule has 1 N–H and O–H groups in total. The minimum atomic E-state index is 0.112. The lowest BCUT2D eigenvalue weighted by Crippen LogP contribution is -2.40. The molecule has 2 bridgehead atoms. The van der Waals surface area contributed by atoms with Gasteiger partial charge in [0, 0.05) is 18.5 Å². The van der Waals surface area contributed by atoms with Gasteiger partial charge >= 0.3 is 0 Å². The lowest BCUT2D eigenvalue weighted by molar-refractivity contribution is -0.119. The second-order valence-electron chi connectivity index (χ2n) is 8.00. The summed E-state index contributed by atoms with van der Waals surface area (Å²) in [4.78, 5) is 12.4. The van der Waals surface area contributed by atoms with Gasteiger partial charge in [-0.2, -0.15) is 0 Å². The number of amides is 1. The molecule has 0 saturated heterocycles. The third kappa shape index (κ3) is 3.64. The van der Waals surface area contributed by atoms with Crippen LogP contribution in [0.5, 0.6) is 0 Å². The minimum absolute atomic E-state index is 0.112. The first-order chi connectivity index (χ1) is 12.2. The van der Waals surface area contributed by atoms with Crippen LogP contribution in [0.1, 0.15) is 57.2 Å². The molecular formula is C19H28N4OS. The predicted molar refractivity (Wildman–Crippen MR) is 99.5 cm³/mol. The number of aromatic nitrogens is 3. The second kappa shape index (κ2) is 7.14. The van der Waals surface area contributed by atoms with Crippen LogP contribution in [-0.2, 0) is 11.3 Å². The SMILES string of the molecule is C=CCn1c(SCC(=O)N[C@@H](C)[C@@H]2C[C@@H]3CC[C@@H]2C3)nnc1C1CC1. The van der Waals surface area contributed by atoms with Gasteiger partial charge in [-0.1, -0.05) is 24.3 Å². The Morgan fingerprint density at radius 3 is 2.84 bits per heavy atom. The average molecular weight is 361 g/mol. The zero-order valence-electron chi connectivity index (χ0n) is 15.0. The Bertz CT molecular complexity index is 654. The molecule has 1 heterocycles. The summed E-state index contributed by atoms with van der Waals surface area (Å²) in [6.07, 6.45) is 9.71. The van der Waals surface area contributed by atoms with Gasteiger partial charge in [0.1, 0.15) is 5.82 Å². The summed E-state index contributed by atoms with van der Waals surface area (Å²) in [7, 11) is 0. The fourth-order valence-electron chi connectivity index (χ4n) is 4.79. The highest BCUT2D eigenvalue weighted by atomic mass is 32.2. The Morgan fingerprint density at radius 1 is 1.36 bits per heavy atom. The maximum Gasteiger partial charge on any atom is 0.230 e. The van der Waals surface area contributed by atoms with Crippen molar-refractivity contribution in [1.82, 2.24) is 20.1 Å². The first-order valence-electron chi connectivity index (χ1n) is 9.61. The fourth-order valence-corrected chi connectivity index (χ4v) is 5.56. The third-order valence-electron chi connectivity index (χ3n) is 6.16. The highest BCUT2D eigenvalue weighted by Crippen LogP contribution is 2.49. The van der Waals surface area contributed by atoms with Crippen molar-refractivity contribution >= 4 is 17.7 Å². The van der Waals surface area contributed by atoms with Gasteiger partial charge in [0.2, 0.25) is 5.91 Å². The lowest BCUT2D eigenvalue weighted by Gasteiger charge is -2.28. The van der Waals surface area contributed by atoms with Crippen molar-refractivity contribution in [1.29, 1.82) is 0 Å². The molecule has 25 heavy (non-hydrogen) atoms. The number of nitrogens with zero attached hydrogens (tertiary/aromatic N) is 3. The molecular weight excluding hydrogens is 332 g/mol. The first kappa shape index (κ1) is 17.1. The van der Waals surface area contributed by atoms with E-state index in [0.717, 1.165) is 22.8 Å². The van der Waals surface area contributed by atoms with Crippen LogP contribution in [-0.4, -0.2) is 32.5 Å². The number of carbonyl (C=O) groups is 1.